The predicted molar refractivity (Wildman–Crippen MR) is 157 cm³/mol. The minimum Gasteiger partial charge on any atom is -0.497 e. The van der Waals surface area contributed by atoms with E-state index in [1.807, 2.05) is 61.3 Å². The molecule has 9 heteroatoms. The van der Waals surface area contributed by atoms with E-state index in [0.717, 1.165) is 18.7 Å². The van der Waals surface area contributed by atoms with Gasteiger partial charge in [-0.15, -0.1) is 0 Å². The van der Waals surface area contributed by atoms with Gasteiger partial charge in [0.2, 0.25) is 0 Å². The van der Waals surface area contributed by atoms with Crippen LogP contribution < -0.4 is 24.9 Å². The molecule has 1 aliphatic rings. The van der Waals surface area contributed by atoms with Crippen LogP contribution in [-0.4, -0.2) is 67.9 Å². The van der Waals surface area contributed by atoms with E-state index in [1.54, 1.807) is 48.1 Å². The number of ether oxygens (including phenoxy) is 2. The van der Waals surface area contributed by atoms with Crippen molar-refractivity contribution in [1.29, 1.82) is 0 Å². The van der Waals surface area contributed by atoms with Crippen LogP contribution in [0.15, 0.2) is 71.5 Å². The van der Waals surface area contributed by atoms with E-state index >= 15 is 0 Å². The highest BCUT2D eigenvalue weighted by atomic mass is 16.5. The number of hydrogen-bond donors (Lipinski definition) is 0. The maximum atomic E-state index is 14.3. The van der Waals surface area contributed by atoms with Crippen molar-refractivity contribution in [1.82, 2.24) is 14.6 Å². The highest BCUT2D eigenvalue weighted by Crippen LogP contribution is 2.38. The average Bonchev–Trinajstić information content (AvgIpc) is 2.98. The van der Waals surface area contributed by atoms with Crippen LogP contribution in [0, 0.1) is 6.92 Å². The summed E-state index contributed by atoms with van der Waals surface area (Å²) < 4.78 is 12.8. The number of carbonyl (C=O) groups excluding carboxylic acids is 1. The molecule has 1 unspecified atom stereocenters. The monoisotopic (exact) mass is 541 g/mol. The molecule has 4 aromatic rings. The number of likely N-dealkylation sites (N-methyl/N-ethyl adjacent to an activating group) is 1. The zero-order valence-electron chi connectivity index (χ0n) is 23.6. The molecular weight excluding hydrogens is 506 g/mol. The Kier molecular flexibility index (Phi) is 7.75. The van der Waals surface area contributed by atoms with Gasteiger partial charge in [-0.2, -0.15) is 0 Å². The Balaban J connectivity index is 1.72. The van der Waals surface area contributed by atoms with Crippen LogP contribution >= 0.6 is 0 Å². The van der Waals surface area contributed by atoms with Crippen LogP contribution in [0.4, 0.5) is 5.69 Å². The minimum absolute atomic E-state index is 0.151. The number of amides is 1. The third kappa shape index (κ3) is 5.12. The molecule has 1 aliphatic heterocycles. The summed E-state index contributed by atoms with van der Waals surface area (Å²) in [4.78, 5) is 37.2. The molecule has 0 bridgehead atoms. The minimum atomic E-state index is -0.631. The molecule has 5 rings (SSSR count). The summed E-state index contributed by atoms with van der Waals surface area (Å²) in [5.41, 5.74) is 2.56. The SMILES string of the molecule is COc1ccc(N(C(=O)c2ccc(C)cc2)C(C)c2nc3ccccc3c(=O)n2N2CCN(C)CC2)c(OC)c1. The fourth-order valence-electron chi connectivity index (χ4n) is 5.11. The average molecular weight is 542 g/mol. The molecule has 9 nitrogen and oxygen atoms in total. The number of hydrogen-bond acceptors (Lipinski definition) is 7. The van der Waals surface area contributed by atoms with Crippen molar-refractivity contribution in [2.75, 3.05) is 57.4 Å². The van der Waals surface area contributed by atoms with E-state index < -0.39 is 6.04 Å². The van der Waals surface area contributed by atoms with Crippen molar-refractivity contribution in [2.45, 2.75) is 19.9 Å². The molecule has 1 fully saturated rings. The summed E-state index contributed by atoms with van der Waals surface area (Å²) in [7, 11) is 5.21. The van der Waals surface area contributed by atoms with E-state index in [4.69, 9.17) is 14.5 Å². The number of fused-ring (bicyclic) bond motifs is 1. The van der Waals surface area contributed by atoms with Gasteiger partial charge in [-0.1, -0.05) is 29.8 Å². The molecule has 40 heavy (non-hydrogen) atoms. The van der Waals surface area contributed by atoms with Crippen LogP contribution in [0.1, 0.15) is 34.7 Å². The van der Waals surface area contributed by atoms with Crippen molar-refractivity contribution in [3.8, 4) is 11.5 Å². The van der Waals surface area contributed by atoms with E-state index in [2.05, 4.69) is 11.9 Å². The normalized spacial score (nSPS) is 14.7. The maximum Gasteiger partial charge on any atom is 0.280 e. The Morgan fingerprint density at radius 2 is 1.65 bits per heavy atom. The quantitative estimate of drug-likeness (QED) is 0.350. The summed E-state index contributed by atoms with van der Waals surface area (Å²) in [5.74, 6) is 1.32. The van der Waals surface area contributed by atoms with Crippen LogP contribution in [0.2, 0.25) is 0 Å². The number of aromatic nitrogens is 2. The van der Waals surface area contributed by atoms with Crippen molar-refractivity contribution in [2.24, 2.45) is 0 Å². The van der Waals surface area contributed by atoms with Gasteiger partial charge in [-0.3, -0.25) is 14.5 Å². The Morgan fingerprint density at radius 3 is 2.33 bits per heavy atom. The molecule has 1 saturated heterocycles. The number of nitrogens with zero attached hydrogens (tertiary/aromatic N) is 5. The second-order valence-electron chi connectivity index (χ2n) is 10.1. The summed E-state index contributed by atoms with van der Waals surface area (Å²) in [6.45, 7) is 6.83. The largest absolute Gasteiger partial charge is 0.497 e. The van der Waals surface area contributed by atoms with Gasteiger partial charge < -0.3 is 19.4 Å². The lowest BCUT2D eigenvalue weighted by Gasteiger charge is -2.38. The van der Waals surface area contributed by atoms with Crippen LogP contribution in [0.5, 0.6) is 11.5 Å². The molecule has 2 heterocycles. The third-order valence-electron chi connectivity index (χ3n) is 7.47. The van der Waals surface area contributed by atoms with Gasteiger partial charge in [0, 0.05) is 37.8 Å². The van der Waals surface area contributed by atoms with Crippen LogP contribution in [-0.2, 0) is 0 Å². The second-order valence-corrected chi connectivity index (χ2v) is 10.1. The van der Waals surface area contributed by atoms with Gasteiger partial charge in [0.25, 0.3) is 11.5 Å². The number of benzene rings is 3. The molecule has 1 amide bonds. The first-order valence-electron chi connectivity index (χ1n) is 13.4. The molecule has 0 radical (unpaired) electrons. The topological polar surface area (TPSA) is 80.1 Å². The molecule has 0 N–H and O–H groups in total. The fourth-order valence-corrected chi connectivity index (χ4v) is 5.11. The first-order valence-corrected chi connectivity index (χ1v) is 13.4. The van der Waals surface area contributed by atoms with Crippen molar-refractivity contribution in [3.05, 3.63) is 94.0 Å². The number of rotatable bonds is 7. The van der Waals surface area contributed by atoms with Gasteiger partial charge >= 0.3 is 0 Å². The van der Waals surface area contributed by atoms with Gasteiger partial charge in [0.05, 0.1) is 36.9 Å². The number of aryl methyl sites for hydroxylation is 1. The Bertz CT molecular complexity index is 1580. The lowest BCUT2D eigenvalue weighted by molar-refractivity contribution is 0.0975. The van der Waals surface area contributed by atoms with Crippen LogP contribution in [0.3, 0.4) is 0 Å². The lowest BCUT2D eigenvalue weighted by Crippen LogP contribution is -2.55. The third-order valence-corrected chi connectivity index (χ3v) is 7.47. The number of anilines is 1. The number of para-hydroxylation sites is 1. The second kappa shape index (κ2) is 11.4. The molecular formula is C31H35N5O4. The van der Waals surface area contributed by atoms with Crippen molar-refractivity contribution >= 4 is 22.5 Å². The number of piperazine rings is 1. The predicted octanol–water partition coefficient (Wildman–Crippen LogP) is 4.01. The Labute approximate surface area is 234 Å². The lowest BCUT2D eigenvalue weighted by atomic mass is 10.1. The van der Waals surface area contributed by atoms with Gasteiger partial charge in [0.1, 0.15) is 11.5 Å². The van der Waals surface area contributed by atoms with E-state index in [9.17, 15) is 9.59 Å². The van der Waals surface area contributed by atoms with E-state index in [1.165, 1.54) is 0 Å². The highest BCUT2D eigenvalue weighted by Gasteiger charge is 2.32. The number of methoxy groups -OCH3 is 2. The van der Waals surface area contributed by atoms with E-state index in [0.29, 0.717) is 52.6 Å². The smallest absolute Gasteiger partial charge is 0.280 e. The fraction of sp³-hybridized carbons (Fsp3) is 0.323. The molecule has 208 valence electrons. The summed E-state index contributed by atoms with van der Waals surface area (Å²) in [6.07, 6.45) is 0. The molecule has 1 aromatic heterocycles. The first-order chi connectivity index (χ1) is 19.3. The highest BCUT2D eigenvalue weighted by molar-refractivity contribution is 6.07. The van der Waals surface area contributed by atoms with Gasteiger partial charge in [-0.25, -0.2) is 9.66 Å². The van der Waals surface area contributed by atoms with E-state index in [-0.39, 0.29) is 11.5 Å². The summed E-state index contributed by atoms with van der Waals surface area (Å²) in [5, 5.41) is 2.57. The summed E-state index contributed by atoms with van der Waals surface area (Å²) in [6, 6.07) is 19.5. The Hall–Kier alpha value is -4.37. The molecule has 3 aromatic carbocycles. The standard InChI is InChI=1S/C31H35N5O4/c1-21-10-12-23(13-11-21)30(37)35(27-15-14-24(39-4)20-28(27)40-5)22(2)29-32-26-9-7-6-8-25(26)31(38)36(29)34-18-16-33(3)17-19-34/h6-15,20,22H,16-19H2,1-5H3. The zero-order chi connectivity index (χ0) is 28.4. The van der Waals surface area contributed by atoms with Gasteiger partial charge in [-0.05, 0) is 57.3 Å². The Morgan fingerprint density at radius 1 is 0.950 bits per heavy atom. The van der Waals surface area contributed by atoms with Gasteiger partial charge in [0.15, 0.2) is 5.82 Å². The van der Waals surface area contributed by atoms with Crippen molar-refractivity contribution in [3.63, 3.8) is 0 Å². The van der Waals surface area contributed by atoms with Crippen molar-refractivity contribution < 1.29 is 14.3 Å². The molecule has 0 aliphatic carbocycles. The maximum absolute atomic E-state index is 14.3. The molecule has 1 atom stereocenters. The number of carbonyl (C=O) groups is 1. The molecule has 0 saturated carbocycles. The first kappa shape index (κ1) is 27.2. The molecule has 0 spiro atoms. The zero-order valence-corrected chi connectivity index (χ0v) is 23.6. The van der Waals surface area contributed by atoms with Crippen LogP contribution in [0.25, 0.3) is 10.9 Å². The summed E-state index contributed by atoms with van der Waals surface area (Å²) >= 11 is 0.